The first-order valence-electron chi connectivity index (χ1n) is 13.1. The monoisotopic (exact) mass is 504 g/mol. The van der Waals surface area contributed by atoms with Crippen LogP contribution in [-0.4, -0.2) is 75.4 Å². The molecule has 3 fully saturated rings. The van der Waals surface area contributed by atoms with E-state index in [4.69, 9.17) is 10.7 Å². The number of carbonyl (C=O) groups excluding carboxylic acids is 2. The molecule has 2 amide bonds. The molecular weight excluding hydrogens is 468 g/mol. The summed E-state index contributed by atoms with van der Waals surface area (Å²) in [6.07, 6.45) is 13.1. The Hall–Kier alpha value is -3.66. The van der Waals surface area contributed by atoms with Gasteiger partial charge >= 0.3 is 0 Å². The van der Waals surface area contributed by atoms with Crippen LogP contribution in [0.2, 0.25) is 0 Å². The van der Waals surface area contributed by atoms with Crippen LogP contribution in [0.1, 0.15) is 55.1 Å². The summed E-state index contributed by atoms with van der Waals surface area (Å²) < 4.78 is 2.08. The van der Waals surface area contributed by atoms with Crippen LogP contribution < -0.4 is 16.4 Å². The fourth-order valence-corrected chi connectivity index (χ4v) is 5.72. The lowest BCUT2D eigenvalue weighted by Crippen LogP contribution is -2.46. The molecule has 3 aliphatic rings. The SMILES string of the molecule is C=C/C(=C\C=C(/N)Nc1ncc2cc(C(=O)N(C)C)n(C3CCCCC3)c2n1)C(=O)N1CC2CC1CN2. The van der Waals surface area contributed by atoms with E-state index >= 15 is 0 Å². The Bertz CT molecular complexity index is 1270. The summed E-state index contributed by atoms with van der Waals surface area (Å²) in [5.74, 6) is 0.555. The Kier molecular flexibility index (Phi) is 7.01. The van der Waals surface area contributed by atoms with E-state index in [1.807, 2.05) is 11.0 Å². The van der Waals surface area contributed by atoms with Gasteiger partial charge in [0.1, 0.15) is 17.2 Å². The van der Waals surface area contributed by atoms with Crippen LogP contribution in [0, 0.1) is 0 Å². The van der Waals surface area contributed by atoms with Gasteiger partial charge in [-0.3, -0.25) is 9.59 Å². The number of likely N-dealkylation sites (tertiary alicyclic amines) is 1. The van der Waals surface area contributed by atoms with Crippen molar-refractivity contribution in [3.05, 3.63) is 54.2 Å². The minimum atomic E-state index is -0.0498. The van der Waals surface area contributed by atoms with E-state index in [2.05, 4.69) is 26.8 Å². The second kappa shape index (κ2) is 10.4. The third kappa shape index (κ3) is 4.98. The molecule has 1 saturated carbocycles. The van der Waals surface area contributed by atoms with E-state index in [0.717, 1.165) is 56.2 Å². The zero-order valence-corrected chi connectivity index (χ0v) is 21.6. The zero-order chi connectivity index (χ0) is 26.1. The summed E-state index contributed by atoms with van der Waals surface area (Å²) in [4.78, 5) is 38.6. The molecule has 0 spiro atoms. The van der Waals surface area contributed by atoms with Crippen molar-refractivity contribution in [1.29, 1.82) is 0 Å². The average Bonchev–Trinajstić information content (AvgIpc) is 3.63. The van der Waals surface area contributed by atoms with Gasteiger partial charge in [0.25, 0.3) is 11.8 Å². The molecule has 2 bridgehead atoms. The van der Waals surface area contributed by atoms with Crippen molar-refractivity contribution in [2.24, 2.45) is 5.73 Å². The normalized spacial score (nSPS) is 22.5. The minimum absolute atomic E-state index is 0.0332. The van der Waals surface area contributed by atoms with E-state index in [1.54, 1.807) is 43.4 Å². The Morgan fingerprint density at radius 2 is 2.00 bits per heavy atom. The summed E-state index contributed by atoms with van der Waals surface area (Å²) in [5.41, 5.74) is 8.07. The van der Waals surface area contributed by atoms with Gasteiger partial charge in [-0.15, -0.1) is 0 Å². The highest BCUT2D eigenvalue weighted by Gasteiger charge is 2.40. The summed E-state index contributed by atoms with van der Waals surface area (Å²) >= 11 is 0. The van der Waals surface area contributed by atoms with Crippen LogP contribution in [0.4, 0.5) is 5.95 Å². The number of fused-ring (bicyclic) bond motifs is 3. The molecule has 0 radical (unpaired) electrons. The third-order valence-corrected chi connectivity index (χ3v) is 7.62. The molecule has 4 heterocycles. The van der Waals surface area contributed by atoms with Crippen molar-refractivity contribution in [1.82, 2.24) is 29.7 Å². The number of nitrogens with two attached hydrogens (primary N) is 1. The molecule has 196 valence electrons. The van der Waals surface area contributed by atoms with E-state index in [-0.39, 0.29) is 23.9 Å². The number of nitrogens with one attached hydrogen (secondary N) is 2. The molecule has 1 aliphatic carbocycles. The summed E-state index contributed by atoms with van der Waals surface area (Å²) in [7, 11) is 3.52. The number of aromatic nitrogens is 3. The molecule has 2 aromatic heterocycles. The number of allylic oxidation sites excluding steroid dienone is 2. The lowest BCUT2D eigenvalue weighted by molar-refractivity contribution is -0.128. The molecule has 4 N–H and O–H groups in total. The van der Waals surface area contributed by atoms with Crippen LogP contribution in [0.3, 0.4) is 0 Å². The predicted octanol–water partition coefficient (Wildman–Crippen LogP) is 2.54. The number of nitrogens with zero attached hydrogens (tertiary/aromatic N) is 5. The molecule has 37 heavy (non-hydrogen) atoms. The van der Waals surface area contributed by atoms with E-state index in [9.17, 15) is 9.59 Å². The lowest BCUT2D eigenvalue weighted by Gasteiger charge is -2.27. The second-order valence-electron chi connectivity index (χ2n) is 10.4. The number of hydrogen-bond donors (Lipinski definition) is 3. The topological polar surface area (TPSA) is 121 Å². The van der Waals surface area contributed by atoms with Gasteiger partial charge in [0, 0.05) is 62.5 Å². The maximum atomic E-state index is 13.0. The Balaban J connectivity index is 1.39. The van der Waals surface area contributed by atoms with Crippen LogP contribution >= 0.6 is 0 Å². The minimum Gasteiger partial charge on any atom is -0.385 e. The fourth-order valence-electron chi connectivity index (χ4n) is 5.72. The first-order chi connectivity index (χ1) is 17.9. The van der Waals surface area contributed by atoms with Gasteiger partial charge in [0.15, 0.2) is 0 Å². The molecule has 2 saturated heterocycles. The van der Waals surface area contributed by atoms with Gasteiger partial charge in [-0.25, -0.2) is 4.98 Å². The smallest absolute Gasteiger partial charge is 0.270 e. The average molecular weight is 505 g/mol. The molecule has 10 heteroatoms. The van der Waals surface area contributed by atoms with Crippen molar-refractivity contribution in [2.75, 3.05) is 32.5 Å². The van der Waals surface area contributed by atoms with Gasteiger partial charge < -0.3 is 30.7 Å². The Morgan fingerprint density at radius 1 is 1.22 bits per heavy atom. The first kappa shape index (κ1) is 25.0. The molecule has 5 rings (SSSR count). The van der Waals surface area contributed by atoms with Gasteiger partial charge in [0.05, 0.1) is 0 Å². The van der Waals surface area contributed by atoms with Crippen LogP contribution in [0.5, 0.6) is 0 Å². The van der Waals surface area contributed by atoms with Crippen LogP contribution in [0.25, 0.3) is 11.0 Å². The van der Waals surface area contributed by atoms with Crippen molar-refractivity contribution >= 4 is 28.8 Å². The van der Waals surface area contributed by atoms with E-state index in [0.29, 0.717) is 29.1 Å². The molecular formula is C27H36N8O2. The van der Waals surface area contributed by atoms with Crippen molar-refractivity contribution in [2.45, 2.75) is 56.7 Å². The zero-order valence-electron chi connectivity index (χ0n) is 21.6. The lowest BCUT2D eigenvalue weighted by atomic mass is 9.95. The van der Waals surface area contributed by atoms with E-state index < -0.39 is 0 Å². The van der Waals surface area contributed by atoms with Crippen molar-refractivity contribution in [3.63, 3.8) is 0 Å². The van der Waals surface area contributed by atoms with Gasteiger partial charge in [-0.2, -0.15) is 4.98 Å². The Labute approximate surface area is 217 Å². The van der Waals surface area contributed by atoms with E-state index in [1.165, 1.54) is 6.42 Å². The summed E-state index contributed by atoms with van der Waals surface area (Å²) in [5, 5.41) is 7.26. The number of piperazine rings is 1. The Morgan fingerprint density at radius 3 is 2.65 bits per heavy atom. The van der Waals surface area contributed by atoms with Crippen molar-refractivity contribution in [3.8, 4) is 0 Å². The molecule has 10 nitrogen and oxygen atoms in total. The second-order valence-corrected chi connectivity index (χ2v) is 10.4. The van der Waals surface area contributed by atoms with Crippen LogP contribution in [-0.2, 0) is 4.79 Å². The van der Waals surface area contributed by atoms with Gasteiger partial charge in [-0.05, 0) is 37.5 Å². The van der Waals surface area contributed by atoms with Gasteiger partial charge in [-0.1, -0.05) is 31.9 Å². The number of anilines is 1. The predicted molar refractivity (Wildman–Crippen MR) is 144 cm³/mol. The molecule has 2 aliphatic heterocycles. The third-order valence-electron chi connectivity index (χ3n) is 7.62. The van der Waals surface area contributed by atoms with Crippen molar-refractivity contribution < 1.29 is 9.59 Å². The molecule has 2 atom stereocenters. The highest BCUT2D eigenvalue weighted by molar-refractivity contribution is 5.98. The van der Waals surface area contributed by atoms with Gasteiger partial charge in [0.2, 0.25) is 5.95 Å². The summed E-state index contributed by atoms with van der Waals surface area (Å²) in [6, 6.07) is 2.72. The number of hydrogen-bond acceptors (Lipinski definition) is 7. The largest absolute Gasteiger partial charge is 0.385 e. The molecule has 2 unspecified atom stereocenters. The summed E-state index contributed by atoms with van der Waals surface area (Å²) in [6.45, 7) is 5.37. The fraction of sp³-hybridized carbons (Fsp3) is 0.481. The number of amides is 2. The first-order valence-corrected chi connectivity index (χ1v) is 13.1. The highest BCUT2D eigenvalue weighted by atomic mass is 16.2. The van der Waals surface area contributed by atoms with Crippen LogP contribution in [0.15, 0.2) is 48.5 Å². The molecule has 0 aromatic carbocycles. The maximum absolute atomic E-state index is 13.0. The highest BCUT2D eigenvalue weighted by Crippen LogP contribution is 2.33. The standard InChI is InChI=1S/C27H36N8O2/c1-4-17(25(36)34-16-19-13-21(34)15-29-19)10-11-23(28)31-27-30-14-18-12-22(26(37)33(2)3)35(24(18)32-27)20-8-6-5-7-9-20/h4,10-12,14,19-21,29H,1,5-9,13,15-16,28H2,2-3H3,(H,30,31,32)/b17-10+,23-11+. The number of carbonyl (C=O) groups is 2. The molecule has 2 aromatic rings. The number of rotatable bonds is 7. The maximum Gasteiger partial charge on any atom is 0.270 e. The quantitative estimate of drug-likeness (QED) is 0.391.